The summed E-state index contributed by atoms with van der Waals surface area (Å²) in [4.78, 5) is 49.8. The number of imide groups is 1. The van der Waals surface area contributed by atoms with Gasteiger partial charge in [-0.05, 0) is 61.9 Å². The number of unbranched alkanes of at least 4 members (excludes halogenated alkanes) is 1. The molecule has 0 aliphatic carbocycles. The summed E-state index contributed by atoms with van der Waals surface area (Å²) in [7, 11) is 0. The quantitative estimate of drug-likeness (QED) is 0.285. The van der Waals surface area contributed by atoms with E-state index in [2.05, 4.69) is 5.32 Å². The molecule has 1 heterocycles. The van der Waals surface area contributed by atoms with E-state index in [1.54, 1.807) is 24.3 Å². The molecular formula is C23H21ClN2O5. The average Bonchev–Trinajstić information content (AvgIpc) is 2.97. The predicted octanol–water partition coefficient (Wildman–Crippen LogP) is 4.28. The van der Waals surface area contributed by atoms with Crippen molar-refractivity contribution in [2.45, 2.75) is 26.7 Å². The van der Waals surface area contributed by atoms with Crippen LogP contribution in [0.2, 0.25) is 0 Å². The second kappa shape index (κ2) is 9.57. The van der Waals surface area contributed by atoms with E-state index in [9.17, 15) is 19.2 Å². The van der Waals surface area contributed by atoms with Gasteiger partial charge in [-0.2, -0.15) is 0 Å². The minimum atomic E-state index is -0.673. The highest BCUT2D eigenvalue weighted by Gasteiger charge is 2.39. The molecular weight excluding hydrogens is 420 g/mol. The third-order valence-corrected chi connectivity index (χ3v) is 5.03. The van der Waals surface area contributed by atoms with Gasteiger partial charge in [0.15, 0.2) is 5.78 Å². The molecule has 31 heavy (non-hydrogen) atoms. The number of nitrogens with one attached hydrogen (secondary N) is 1. The molecule has 3 rings (SSSR count). The molecule has 7 nitrogen and oxygen atoms in total. The van der Waals surface area contributed by atoms with Crippen molar-refractivity contribution in [3.05, 3.63) is 70.4 Å². The molecule has 2 aromatic rings. The monoisotopic (exact) mass is 440 g/mol. The molecule has 0 unspecified atom stereocenters. The number of ether oxygens (including phenoxy) is 1. The molecule has 0 aromatic heterocycles. The van der Waals surface area contributed by atoms with Crippen molar-refractivity contribution in [3.8, 4) is 0 Å². The van der Waals surface area contributed by atoms with Crippen LogP contribution in [0.4, 0.5) is 11.4 Å². The smallest absolute Gasteiger partial charge is 0.338 e. The maximum Gasteiger partial charge on any atom is 0.338 e. The number of anilines is 2. The molecule has 0 spiro atoms. The van der Waals surface area contributed by atoms with Gasteiger partial charge in [0.1, 0.15) is 10.7 Å². The first-order valence-electron chi connectivity index (χ1n) is 9.77. The van der Waals surface area contributed by atoms with E-state index in [1.165, 1.54) is 31.2 Å². The minimum Gasteiger partial charge on any atom is -0.462 e. The fourth-order valence-corrected chi connectivity index (χ4v) is 3.13. The SMILES string of the molecule is CCCCOC(=O)c1ccc(N2C(=O)C(Cl)=C(Nc3ccc(C(C)=O)cc3)C2=O)cc1. The highest BCUT2D eigenvalue weighted by molar-refractivity contribution is 6.53. The van der Waals surface area contributed by atoms with Crippen LogP contribution in [-0.4, -0.2) is 30.2 Å². The van der Waals surface area contributed by atoms with Crippen LogP contribution in [0.5, 0.6) is 0 Å². The van der Waals surface area contributed by atoms with Crippen molar-refractivity contribution in [1.29, 1.82) is 0 Å². The van der Waals surface area contributed by atoms with E-state index in [4.69, 9.17) is 16.3 Å². The van der Waals surface area contributed by atoms with E-state index < -0.39 is 17.8 Å². The molecule has 0 saturated carbocycles. The fourth-order valence-electron chi connectivity index (χ4n) is 2.92. The Bertz CT molecular complexity index is 1060. The Kier molecular flexibility index (Phi) is 6.87. The van der Waals surface area contributed by atoms with E-state index in [1.807, 2.05) is 6.92 Å². The number of carbonyl (C=O) groups excluding carboxylic acids is 4. The van der Waals surface area contributed by atoms with Gasteiger partial charge in [-0.1, -0.05) is 24.9 Å². The highest BCUT2D eigenvalue weighted by Crippen LogP contribution is 2.30. The van der Waals surface area contributed by atoms with Crippen molar-refractivity contribution < 1.29 is 23.9 Å². The van der Waals surface area contributed by atoms with Crippen LogP contribution >= 0.6 is 11.6 Å². The third kappa shape index (κ3) is 4.83. The zero-order chi connectivity index (χ0) is 22.5. The Labute approximate surface area is 184 Å². The normalized spacial score (nSPS) is 13.6. The molecule has 2 aromatic carbocycles. The lowest BCUT2D eigenvalue weighted by Gasteiger charge is -2.15. The first kappa shape index (κ1) is 22.2. The standard InChI is InChI=1S/C23H21ClN2O5/c1-3-4-13-31-23(30)16-7-11-18(12-8-16)26-21(28)19(24)20(22(26)29)25-17-9-5-15(6-10-17)14(2)27/h5-12,25H,3-4,13H2,1-2H3. The molecule has 1 aliphatic heterocycles. The average molecular weight is 441 g/mol. The first-order valence-corrected chi connectivity index (χ1v) is 10.1. The van der Waals surface area contributed by atoms with Crippen molar-refractivity contribution in [2.75, 3.05) is 16.8 Å². The molecule has 160 valence electrons. The Balaban J connectivity index is 1.74. The summed E-state index contributed by atoms with van der Waals surface area (Å²) in [5.74, 6) is -1.84. The zero-order valence-corrected chi connectivity index (χ0v) is 17.9. The van der Waals surface area contributed by atoms with E-state index in [0.29, 0.717) is 23.4 Å². The van der Waals surface area contributed by atoms with Crippen LogP contribution < -0.4 is 10.2 Å². The number of nitrogens with zero attached hydrogens (tertiary/aromatic N) is 1. The van der Waals surface area contributed by atoms with Gasteiger partial charge in [0.2, 0.25) is 0 Å². The van der Waals surface area contributed by atoms with Crippen LogP contribution in [0.25, 0.3) is 0 Å². The van der Waals surface area contributed by atoms with Crippen LogP contribution in [0.15, 0.2) is 59.3 Å². The van der Waals surface area contributed by atoms with Crippen molar-refractivity contribution in [2.24, 2.45) is 0 Å². The molecule has 2 amide bonds. The van der Waals surface area contributed by atoms with Gasteiger partial charge in [0.25, 0.3) is 11.8 Å². The fraction of sp³-hybridized carbons (Fsp3) is 0.217. The summed E-state index contributed by atoms with van der Waals surface area (Å²) in [6.07, 6.45) is 1.69. The third-order valence-electron chi connectivity index (χ3n) is 4.68. The van der Waals surface area contributed by atoms with Crippen molar-refractivity contribution in [3.63, 3.8) is 0 Å². The lowest BCUT2D eigenvalue weighted by molar-refractivity contribution is -0.120. The van der Waals surface area contributed by atoms with E-state index in [-0.39, 0.29) is 22.2 Å². The molecule has 8 heteroatoms. The number of rotatable bonds is 8. The number of hydrogen-bond acceptors (Lipinski definition) is 6. The van der Waals surface area contributed by atoms with Crippen LogP contribution in [0.1, 0.15) is 47.4 Å². The van der Waals surface area contributed by atoms with Gasteiger partial charge in [-0.3, -0.25) is 14.4 Å². The largest absolute Gasteiger partial charge is 0.462 e. The topological polar surface area (TPSA) is 92.8 Å². The zero-order valence-electron chi connectivity index (χ0n) is 17.1. The second-order valence-corrected chi connectivity index (χ2v) is 7.31. The van der Waals surface area contributed by atoms with Crippen molar-refractivity contribution >= 4 is 46.5 Å². The Morgan fingerprint density at radius 2 is 1.58 bits per heavy atom. The predicted molar refractivity (Wildman–Crippen MR) is 117 cm³/mol. The Morgan fingerprint density at radius 1 is 0.968 bits per heavy atom. The van der Waals surface area contributed by atoms with E-state index >= 15 is 0 Å². The Morgan fingerprint density at radius 3 is 2.16 bits per heavy atom. The molecule has 1 aliphatic rings. The second-order valence-electron chi connectivity index (χ2n) is 6.93. The highest BCUT2D eigenvalue weighted by atomic mass is 35.5. The summed E-state index contributed by atoms with van der Waals surface area (Å²) in [5, 5.41) is 2.60. The number of esters is 1. The lowest BCUT2D eigenvalue weighted by Crippen LogP contribution is -2.32. The van der Waals surface area contributed by atoms with Crippen LogP contribution in [-0.2, 0) is 14.3 Å². The van der Waals surface area contributed by atoms with Gasteiger partial charge in [-0.25, -0.2) is 9.69 Å². The maximum absolute atomic E-state index is 12.9. The minimum absolute atomic E-state index is 0.0645. The number of ketones is 1. The number of amides is 2. The van der Waals surface area contributed by atoms with Crippen molar-refractivity contribution in [1.82, 2.24) is 0 Å². The molecule has 0 bridgehead atoms. The van der Waals surface area contributed by atoms with Gasteiger partial charge in [0, 0.05) is 11.3 Å². The number of hydrogen-bond donors (Lipinski definition) is 1. The summed E-state index contributed by atoms with van der Waals surface area (Å²) in [6.45, 7) is 3.79. The maximum atomic E-state index is 12.9. The summed E-state index contributed by atoms with van der Waals surface area (Å²) in [6, 6.07) is 12.4. The molecule has 0 atom stereocenters. The summed E-state index contributed by atoms with van der Waals surface area (Å²) in [5.41, 5.74) is 1.56. The molecule has 0 fully saturated rings. The Hall–Kier alpha value is -3.45. The first-order chi connectivity index (χ1) is 14.8. The number of benzene rings is 2. The number of Topliss-reactive ketones (excluding diaryl/α,β-unsaturated/α-hetero) is 1. The summed E-state index contributed by atoms with van der Waals surface area (Å²) < 4.78 is 5.15. The molecule has 0 radical (unpaired) electrons. The van der Waals surface area contributed by atoms with Gasteiger partial charge >= 0.3 is 5.97 Å². The molecule has 1 N–H and O–H groups in total. The van der Waals surface area contributed by atoms with Gasteiger partial charge in [0.05, 0.1) is 17.9 Å². The van der Waals surface area contributed by atoms with E-state index in [0.717, 1.165) is 17.7 Å². The summed E-state index contributed by atoms with van der Waals surface area (Å²) >= 11 is 6.13. The van der Waals surface area contributed by atoms with Crippen LogP contribution in [0, 0.1) is 0 Å². The van der Waals surface area contributed by atoms with Gasteiger partial charge < -0.3 is 10.1 Å². The number of carbonyl (C=O) groups is 4. The number of halogens is 1. The lowest BCUT2D eigenvalue weighted by atomic mass is 10.1. The molecule has 0 saturated heterocycles. The van der Waals surface area contributed by atoms with Crippen LogP contribution in [0.3, 0.4) is 0 Å². The van der Waals surface area contributed by atoms with Gasteiger partial charge in [-0.15, -0.1) is 0 Å².